The molecule has 0 fully saturated rings. The molecule has 2 aromatic rings. The fourth-order valence-corrected chi connectivity index (χ4v) is 2.53. The molecule has 0 bridgehead atoms. The summed E-state index contributed by atoms with van der Waals surface area (Å²) in [6, 6.07) is 7.36. The molecular formula is C12H11BrN4OS. The zero-order valence-corrected chi connectivity index (χ0v) is 12.4. The van der Waals surface area contributed by atoms with E-state index in [0.29, 0.717) is 10.6 Å². The van der Waals surface area contributed by atoms with Crippen LogP contribution in [0.25, 0.3) is 0 Å². The highest BCUT2D eigenvalue weighted by Gasteiger charge is 2.11. The maximum atomic E-state index is 8.79. The van der Waals surface area contributed by atoms with E-state index in [9.17, 15) is 0 Å². The van der Waals surface area contributed by atoms with Gasteiger partial charge in [-0.15, -0.1) is 0 Å². The molecule has 0 atom stereocenters. The normalized spacial score (nSPS) is 11.6. The molecule has 2 aromatic heterocycles. The summed E-state index contributed by atoms with van der Waals surface area (Å²) < 4.78 is 0.908. The van der Waals surface area contributed by atoms with E-state index in [1.807, 2.05) is 25.1 Å². The highest BCUT2D eigenvalue weighted by Crippen LogP contribution is 2.28. The van der Waals surface area contributed by atoms with Crippen molar-refractivity contribution in [3.63, 3.8) is 0 Å². The third-order valence-corrected chi connectivity index (χ3v) is 3.71. The molecule has 0 aromatic carbocycles. The number of halogens is 1. The number of amidine groups is 1. The molecule has 0 spiro atoms. The number of hydrogen-bond acceptors (Lipinski definition) is 5. The van der Waals surface area contributed by atoms with Crippen LogP contribution in [0, 0.1) is 6.92 Å². The lowest BCUT2D eigenvalue weighted by Crippen LogP contribution is -2.15. The van der Waals surface area contributed by atoms with Gasteiger partial charge < -0.3 is 10.9 Å². The molecule has 3 N–H and O–H groups in total. The van der Waals surface area contributed by atoms with Crippen molar-refractivity contribution < 1.29 is 5.21 Å². The maximum absolute atomic E-state index is 8.79. The minimum Gasteiger partial charge on any atom is -0.409 e. The van der Waals surface area contributed by atoms with E-state index >= 15 is 0 Å². The summed E-state index contributed by atoms with van der Waals surface area (Å²) in [5.74, 6) is 0.0344. The van der Waals surface area contributed by atoms with E-state index in [4.69, 9.17) is 10.9 Å². The van der Waals surface area contributed by atoms with E-state index in [0.717, 1.165) is 15.2 Å². The van der Waals surface area contributed by atoms with Crippen LogP contribution in [0.1, 0.15) is 11.3 Å². The lowest BCUT2D eigenvalue weighted by atomic mass is 10.2. The zero-order valence-electron chi connectivity index (χ0n) is 10.0. The van der Waals surface area contributed by atoms with Gasteiger partial charge in [-0.3, -0.25) is 0 Å². The lowest BCUT2D eigenvalue weighted by molar-refractivity contribution is 0.318. The number of nitrogens with zero attached hydrogens (tertiary/aromatic N) is 3. The average Bonchev–Trinajstić information content (AvgIpc) is 2.41. The molecule has 2 rings (SSSR count). The van der Waals surface area contributed by atoms with Gasteiger partial charge >= 0.3 is 0 Å². The smallest absolute Gasteiger partial charge is 0.172 e. The van der Waals surface area contributed by atoms with Crippen LogP contribution >= 0.6 is 27.7 Å². The summed E-state index contributed by atoms with van der Waals surface area (Å²) in [6.45, 7) is 1.88. The Hall–Kier alpha value is -1.60. The zero-order chi connectivity index (χ0) is 13.8. The molecule has 0 aliphatic rings. The topological polar surface area (TPSA) is 84.4 Å². The van der Waals surface area contributed by atoms with E-state index in [1.165, 1.54) is 11.8 Å². The Morgan fingerprint density at radius 2 is 2.16 bits per heavy atom. The van der Waals surface area contributed by atoms with Gasteiger partial charge in [-0.05, 0) is 58.9 Å². The second kappa shape index (κ2) is 6.03. The minimum absolute atomic E-state index is 0.0344. The molecule has 7 heteroatoms. The number of oxime groups is 1. The number of pyridine rings is 2. The first-order valence-corrected chi connectivity index (χ1v) is 6.96. The number of aromatic nitrogens is 2. The third-order valence-electron chi connectivity index (χ3n) is 2.28. The highest BCUT2D eigenvalue weighted by atomic mass is 79.9. The van der Waals surface area contributed by atoms with Gasteiger partial charge in [0.25, 0.3) is 0 Å². The highest BCUT2D eigenvalue weighted by molar-refractivity contribution is 9.10. The molecule has 98 valence electrons. The second-order valence-electron chi connectivity index (χ2n) is 3.71. The average molecular weight is 339 g/mol. The van der Waals surface area contributed by atoms with Crippen molar-refractivity contribution in [1.29, 1.82) is 0 Å². The Morgan fingerprint density at radius 1 is 1.37 bits per heavy atom. The van der Waals surface area contributed by atoms with Crippen LogP contribution in [0.4, 0.5) is 0 Å². The SMILES string of the molecule is Cc1ccc(C(N)=NO)c(Sc2ccc(Br)cn2)n1. The predicted molar refractivity (Wildman–Crippen MR) is 77.5 cm³/mol. The first-order chi connectivity index (χ1) is 9.10. The maximum Gasteiger partial charge on any atom is 0.172 e. The molecule has 0 aliphatic heterocycles. The fourth-order valence-electron chi connectivity index (χ4n) is 1.38. The Balaban J connectivity index is 2.38. The lowest BCUT2D eigenvalue weighted by Gasteiger charge is -2.07. The molecule has 0 unspecified atom stereocenters. The van der Waals surface area contributed by atoms with E-state index in [-0.39, 0.29) is 5.84 Å². The van der Waals surface area contributed by atoms with Crippen molar-refractivity contribution in [2.75, 3.05) is 0 Å². The summed E-state index contributed by atoms with van der Waals surface area (Å²) in [7, 11) is 0. The van der Waals surface area contributed by atoms with Crippen LogP contribution in [0.3, 0.4) is 0 Å². The van der Waals surface area contributed by atoms with Crippen molar-refractivity contribution in [2.45, 2.75) is 17.0 Å². The van der Waals surface area contributed by atoms with E-state index in [2.05, 4.69) is 31.1 Å². The standard InChI is InChI=1S/C12H11BrN4OS/c1-7-2-4-9(11(14)17-18)12(16-7)19-10-5-3-8(13)6-15-10/h2-6,18H,1H3,(H2,14,17). The summed E-state index contributed by atoms with van der Waals surface area (Å²) in [6.07, 6.45) is 1.71. The largest absolute Gasteiger partial charge is 0.409 e. The molecule has 2 heterocycles. The third kappa shape index (κ3) is 3.45. The van der Waals surface area contributed by atoms with Gasteiger partial charge in [-0.1, -0.05) is 5.16 Å². The van der Waals surface area contributed by atoms with Crippen molar-refractivity contribution in [1.82, 2.24) is 9.97 Å². The summed E-state index contributed by atoms with van der Waals surface area (Å²) in [5.41, 5.74) is 7.08. The number of rotatable bonds is 3. The quantitative estimate of drug-likeness (QED) is 0.389. The number of aryl methyl sites for hydroxylation is 1. The summed E-state index contributed by atoms with van der Waals surface area (Å²) >= 11 is 4.70. The van der Waals surface area contributed by atoms with Gasteiger partial charge in [0.15, 0.2) is 5.84 Å². The first-order valence-electron chi connectivity index (χ1n) is 5.35. The van der Waals surface area contributed by atoms with Crippen LogP contribution in [-0.2, 0) is 0 Å². The molecular weight excluding hydrogens is 328 g/mol. The minimum atomic E-state index is 0.0344. The molecule has 0 saturated heterocycles. The second-order valence-corrected chi connectivity index (χ2v) is 5.63. The van der Waals surface area contributed by atoms with Gasteiger partial charge in [0, 0.05) is 16.4 Å². The molecule has 19 heavy (non-hydrogen) atoms. The van der Waals surface area contributed by atoms with Gasteiger partial charge in [-0.25, -0.2) is 9.97 Å². The van der Waals surface area contributed by atoms with Crippen molar-refractivity contribution in [2.24, 2.45) is 10.9 Å². The molecule has 0 amide bonds. The number of hydrogen-bond donors (Lipinski definition) is 2. The predicted octanol–water partition coefficient (Wildman–Crippen LogP) is 2.79. The Morgan fingerprint density at radius 3 is 2.79 bits per heavy atom. The fraction of sp³-hybridized carbons (Fsp3) is 0.0833. The van der Waals surface area contributed by atoms with Crippen molar-refractivity contribution >= 4 is 33.5 Å². The van der Waals surface area contributed by atoms with Crippen LogP contribution in [-0.4, -0.2) is 21.0 Å². The van der Waals surface area contributed by atoms with E-state index in [1.54, 1.807) is 12.3 Å². The van der Waals surface area contributed by atoms with Crippen LogP contribution in [0.2, 0.25) is 0 Å². The molecule has 5 nitrogen and oxygen atoms in total. The Kier molecular flexibility index (Phi) is 4.39. The van der Waals surface area contributed by atoms with Gasteiger partial charge in [0.1, 0.15) is 10.1 Å². The summed E-state index contributed by atoms with van der Waals surface area (Å²) in [5, 5.41) is 13.2. The van der Waals surface area contributed by atoms with Crippen LogP contribution in [0.15, 0.2) is 50.1 Å². The van der Waals surface area contributed by atoms with E-state index < -0.39 is 0 Å². The van der Waals surface area contributed by atoms with Gasteiger partial charge in [-0.2, -0.15) is 0 Å². The number of nitrogens with two attached hydrogens (primary N) is 1. The van der Waals surface area contributed by atoms with Crippen molar-refractivity contribution in [3.8, 4) is 0 Å². The Bertz CT molecular complexity index is 616. The molecule has 0 aliphatic carbocycles. The molecule has 0 saturated carbocycles. The van der Waals surface area contributed by atoms with Crippen molar-refractivity contribution in [3.05, 3.63) is 46.2 Å². The molecule has 0 radical (unpaired) electrons. The van der Waals surface area contributed by atoms with Gasteiger partial charge in [0.05, 0.1) is 5.56 Å². The Labute approximate surface area is 123 Å². The van der Waals surface area contributed by atoms with Gasteiger partial charge in [0.2, 0.25) is 0 Å². The monoisotopic (exact) mass is 338 g/mol. The first kappa shape index (κ1) is 13.8. The van der Waals surface area contributed by atoms with Crippen LogP contribution < -0.4 is 5.73 Å². The van der Waals surface area contributed by atoms with Crippen LogP contribution in [0.5, 0.6) is 0 Å². The summed E-state index contributed by atoms with van der Waals surface area (Å²) in [4.78, 5) is 8.66.